The third kappa shape index (κ3) is 2.56. The number of hydrogen-bond donors (Lipinski definition) is 1. The predicted octanol–water partition coefficient (Wildman–Crippen LogP) is 3.74. The van der Waals surface area contributed by atoms with E-state index in [-0.39, 0.29) is 11.5 Å². The molecule has 1 amide bonds. The molecule has 1 aliphatic heterocycles. The number of aromatic amines is 1. The van der Waals surface area contributed by atoms with Crippen LogP contribution in [0.1, 0.15) is 48.4 Å². The topological polar surface area (TPSA) is 66.1 Å². The first-order valence-electron chi connectivity index (χ1n) is 10.4. The average Bonchev–Trinajstić information content (AvgIpc) is 3.11. The Morgan fingerprint density at radius 2 is 1.55 bits per heavy atom. The highest BCUT2D eigenvalue weighted by molar-refractivity contribution is 5.84. The summed E-state index contributed by atoms with van der Waals surface area (Å²) >= 11 is 0. The highest BCUT2D eigenvalue weighted by Gasteiger charge is 2.56. The molecule has 2 aromatic carbocycles. The lowest BCUT2D eigenvalue weighted by atomic mass is 9.47. The molecule has 5 heteroatoms. The van der Waals surface area contributed by atoms with E-state index >= 15 is 0 Å². The number of carbonyl (C=O) groups excluding carboxylic acids is 1. The summed E-state index contributed by atoms with van der Waals surface area (Å²) in [5, 5.41) is 8.73. The predicted molar refractivity (Wildman–Crippen MR) is 110 cm³/mol. The SMILES string of the molecule is O=C(C1CC2(C1)CC(c1n[nH]c(=O)c3ccccc13)C2)N1Cc2ccccc2C1. The van der Waals surface area contributed by atoms with E-state index in [1.54, 1.807) is 0 Å². The van der Waals surface area contributed by atoms with Gasteiger partial charge in [0.1, 0.15) is 0 Å². The summed E-state index contributed by atoms with van der Waals surface area (Å²) < 4.78 is 0. The second-order valence-electron chi connectivity index (χ2n) is 9.16. The van der Waals surface area contributed by atoms with Gasteiger partial charge in [0.05, 0.1) is 11.1 Å². The molecule has 2 heterocycles. The molecule has 0 bridgehead atoms. The summed E-state index contributed by atoms with van der Waals surface area (Å²) in [5.74, 6) is 0.872. The van der Waals surface area contributed by atoms with Gasteiger partial charge in [-0.05, 0) is 48.3 Å². The number of benzene rings is 2. The van der Waals surface area contributed by atoms with Gasteiger partial charge in [-0.15, -0.1) is 0 Å². The maximum absolute atomic E-state index is 13.0. The van der Waals surface area contributed by atoms with E-state index in [9.17, 15) is 9.59 Å². The molecular formula is C24H23N3O2. The van der Waals surface area contributed by atoms with Gasteiger partial charge in [-0.1, -0.05) is 42.5 Å². The van der Waals surface area contributed by atoms with Crippen LogP contribution in [0.3, 0.4) is 0 Å². The zero-order valence-electron chi connectivity index (χ0n) is 16.2. The van der Waals surface area contributed by atoms with E-state index in [2.05, 4.69) is 22.3 Å². The minimum absolute atomic E-state index is 0.126. The monoisotopic (exact) mass is 385 g/mol. The van der Waals surface area contributed by atoms with Gasteiger partial charge in [-0.3, -0.25) is 9.59 Å². The second-order valence-corrected chi connectivity index (χ2v) is 9.16. The number of aromatic nitrogens is 2. The lowest BCUT2D eigenvalue weighted by Crippen LogP contribution is -2.51. The van der Waals surface area contributed by atoms with Crippen LogP contribution in [-0.2, 0) is 17.9 Å². The maximum atomic E-state index is 13.0. The van der Waals surface area contributed by atoms with Crippen LogP contribution in [0.2, 0.25) is 0 Å². The lowest BCUT2D eigenvalue weighted by Gasteiger charge is -2.57. The molecule has 29 heavy (non-hydrogen) atoms. The van der Waals surface area contributed by atoms with Crippen LogP contribution in [-0.4, -0.2) is 21.0 Å². The number of fused-ring (bicyclic) bond motifs is 2. The number of nitrogens with zero attached hydrogens (tertiary/aromatic N) is 2. The molecule has 146 valence electrons. The molecule has 0 radical (unpaired) electrons. The van der Waals surface area contributed by atoms with Crippen molar-refractivity contribution in [3.05, 3.63) is 75.7 Å². The summed E-state index contributed by atoms with van der Waals surface area (Å²) in [6, 6.07) is 16.1. The van der Waals surface area contributed by atoms with Crippen molar-refractivity contribution in [2.75, 3.05) is 0 Å². The number of rotatable bonds is 2. The highest BCUT2D eigenvalue weighted by Crippen LogP contribution is 2.64. The Bertz CT molecular complexity index is 1160. The van der Waals surface area contributed by atoms with Gasteiger partial charge in [0.25, 0.3) is 5.56 Å². The first-order chi connectivity index (χ1) is 14.1. The van der Waals surface area contributed by atoms with Crippen LogP contribution >= 0.6 is 0 Å². The van der Waals surface area contributed by atoms with Crippen LogP contribution in [0, 0.1) is 11.3 Å². The molecule has 0 saturated heterocycles. The number of hydrogen-bond acceptors (Lipinski definition) is 3. The number of nitrogens with one attached hydrogen (secondary N) is 1. The van der Waals surface area contributed by atoms with E-state index in [0.29, 0.717) is 22.6 Å². The molecule has 1 spiro atoms. The van der Waals surface area contributed by atoms with Crippen molar-refractivity contribution < 1.29 is 4.79 Å². The fourth-order valence-corrected chi connectivity index (χ4v) is 5.87. The molecule has 6 rings (SSSR count). The molecule has 3 aromatic rings. The number of amides is 1. The van der Waals surface area contributed by atoms with E-state index in [1.165, 1.54) is 11.1 Å². The van der Waals surface area contributed by atoms with Crippen LogP contribution in [0.25, 0.3) is 10.8 Å². The molecule has 5 nitrogen and oxygen atoms in total. The number of carbonyl (C=O) groups is 1. The zero-order valence-corrected chi connectivity index (χ0v) is 16.2. The maximum Gasteiger partial charge on any atom is 0.272 e. The van der Waals surface area contributed by atoms with Crippen LogP contribution in [0.5, 0.6) is 0 Å². The smallest absolute Gasteiger partial charge is 0.272 e. The minimum Gasteiger partial charge on any atom is -0.334 e. The van der Waals surface area contributed by atoms with Crippen LogP contribution in [0.4, 0.5) is 0 Å². The second kappa shape index (κ2) is 6.02. The fourth-order valence-electron chi connectivity index (χ4n) is 5.87. The standard InChI is InChI=1S/C24H23N3O2/c28-22-20-8-4-3-7-19(20)21(25-26-22)17-9-24(10-17)11-18(12-24)23(29)27-13-15-5-1-2-6-16(15)14-27/h1-8,17-18H,9-14H2,(H,26,28). The first-order valence-corrected chi connectivity index (χ1v) is 10.4. The van der Waals surface area contributed by atoms with Crippen molar-refractivity contribution >= 4 is 16.7 Å². The zero-order chi connectivity index (χ0) is 19.6. The van der Waals surface area contributed by atoms with Gasteiger partial charge >= 0.3 is 0 Å². The molecule has 1 aromatic heterocycles. The van der Waals surface area contributed by atoms with Gasteiger partial charge in [-0.25, -0.2) is 5.10 Å². The van der Waals surface area contributed by atoms with Gasteiger partial charge in [0.15, 0.2) is 0 Å². The van der Waals surface area contributed by atoms with E-state index in [4.69, 9.17) is 0 Å². The Morgan fingerprint density at radius 1 is 0.931 bits per heavy atom. The van der Waals surface area contributed by atoms with Crippen LogP contribution < -0.4 is 5.56 Å². The summed E-state index contributed by atoms with van der Waals surface area (Å²) in [4.78, 5) is 27.0. The van der Waals surface area contributed by atoms with Crippen molar-refractivity contribution in [3.8, 4) is 0 Å². The van der Waals surface area contributed by atoms with Gasteiger partial charge in [0, 0.05) is 30.3 Å². The van der Waals surface area contributed by atoms with Gasteiger partial charge < -0.3 is 4.90 Å². The molecule has 0 atom stereocenters. The largest absolute Gasteiger partial charge is 0.334 e. The van der Waals surface area contributed by atoms with E-state index in [1.807, 2.05) is 41.3 Å². The molecule has 3 aliphatic rings. The Hall–Kier alpha value is -2.95. The number of H-pyrrole nitrogens is 1. The Balaban J connectivity index is 1.12. The molecular weight excluding hydrogens is 362 g/mol. The average molecular weight is 385 g/mol. The van der Waals surface area contributed by atoms with Crippen LogP contribution in [0.15, 0.2) is 53.3 Å². The van der Waals surface area contributed by atoms with Crippen molar-refractivity contribution in [1.82, 2.24) is 15.1 Å². The van der Waals surface area contributed by atoms with Crippen molar-refractivity contribution in [3.63, 3.8) is 0 Å². The summed E-state index contributed by atoms with van der Waals surface area (Å²) in [6.07, 6.45) is 4.13. The summed E-state index contributed by atoms with van der Waals surface area (Å²) in [6.45, 7) is 1.52. The normalized spacial score (nSPS) is 27.5. The van der Waals surface area contributed by atoms with E-state index in [0.717, 1.165) is 49.9 Å². The Kier molecular flexibility index (Phi) is 3.52. The quantitative estimate of drug-likeness (QED) is 0.731. The third-order valence-corrected chi connectivity index (χ3v) is 7.33. The lowest BCUT2D eigenvalue weighted by molar-refractivity contribution is -0.149. The van der Waals surface area contributed by atoms with Crippen molar-refractivity contribution in [2.45, 2.75) is 44.7 Å². The highest BCUT2D eigenvalue weighted by atomic mass is 16.2. The minimum atomic E-state index is -0.126. The summed E-state index contributed by atoms with van der Waals surface area (Å²) in [5.41, 5.74) is 3.76. The third-order valence-electron chi connectivity index (χ3n) is 7.33. The Labute approximate surface area is 168 Å². The summed E-state index contributed by atoms with van der Waals surface area (Å²) in [7, 11) is 0. The molecule has 2 fully saturated rings. The first kappa shape index (κ1) is 17.0. The van der Waals surface area contributed by atoms with Gasteiger partial charge in [0.2, 0.25) is 5.91 Å². The molecule has 1 N–H and O–H groups in total. The Morgan fingerprint density at radius 3 is 2.24 bits per heavy atom. The van der Waals surface area contributed by atoms with E-state index < -0.39 is 0 Å². The van der Waals surface area contributed by atoms with Crippen molar-refractivity contribution in [2.24, 2.45) is 11.3 Å². The fraction of sp³-hybridized carbons (Fsp3) is 0.375. The molecule has 2 aliphatic carbocycles. The molecule has 2 saturated carbocycles. The molecule has 0 unspecified atom stereocenters. The van der Waals surface area contributed by atoms with Crippen molar-refractivity contribution in [1.29, 1.82) is 0 Å². The van der Waals surface area contributed by atoms with Gasteiger partial charge in [-0.2, -0.15) is 5.10 Å².